The van der Waals surface area contributed by atoms with E-state index in [2.05, 4.69) is 25.9 Å². The first-order valence-electron chi connectivity index (χ1n) is 10.0. The monoisotopic (exact) mass is 495 g/mol. The molecule has 4 aromatic rings. The van der Waals surface area contributed by atoms with Crippen molar-refractivity contribution >= 4 is 56.9 Å². The molecule has 0 saturated heterocycles. The average molecular weight is 496 g/mol. The van der Waals surface area contributed by atoms with Crippen LogP contribution in [0.4, 0.5) is 20.9 Å². The molecule has 3 N–H and O–H groups in total. The van der Waals surface area contributed by atoms with Crippen molar-refractivity contribution in [3.63, 3.8) is 0 Å². The molecule has 172 valence electrons. The van der Waals surface area contributed by atoms with E-state index >= 15 is 0 Å². The van der Waals surface area contributed by atoms with Crippen LogP contribution in [0.5, 0.6) is 0 Å². The molecule has 0 spiro atoms. The highest BCUT2D eigenvalue weighted by atomic mass is 32.1. The van der Waals surface area contributed by atoms with Gasteiger partial charge in [-0.15, -0.1) is 22.7 Å². The van der Waals surface area contributed by atoms with E-state index in [1.807, 2.05) is 17.5 Å². The van der Waals surface area contributed by atoms with Gasteiger partial charge in [-0.1, -0.05) is 12.1 Å². The standard InChI is InChI=1S/C23H18FN5O3S2/c24-14-6-7-17(28-22(32)18-5-1-2-8-25-18)19(10-14)27-20(30)11-15-13-34-23(26-15)29-21(31)12-16-4-3-9-33-16/h1-10,13H,11-12H2,(H,27,30)(H,28,32)(H,26,29,31). The number of carbonyl (C=O) groups excluding carboxylic acids is 3. The van der Waals surface area contributed by atoms with Crippen LogP contribution < -0.4 is 16.0 Å². The predicted molar refractivity (Wildman–Crippen MR) is 130 cm³/mol. The van der Waals surface area contributed by atoms with E-state index in [1.54, 1.807) is 17.5 Å². The van der Waals surface area contributed by atoms with Crippen LogP contribution in [-0.4, -0.2) is 27.7 Å². The minimum atomic E-state index is -0.574. The first-order chi connectivity index (χ1) is 16.5. The summed E-state index contributed by atoms with van der Waals surface area (Å²) in [6, 6.07) is 12.3. The number of pyridine rings is 1. The van der Waals surface area contributed by atoms with Gasteiger partial charge in [0.1, 0.15) is 11.5 Å². The summed E-state index contributed by atoms with van der Waals surface area (Å²) in [4.78, 5) is 46.3. The van der Waals surface area contributed by atoms with E-state index in [-0.39, 0.29) is 35.8 Å². The highest BCUT2D eigenvalue weighted by Gasteiger charge is 2.15. The normalized spacial score (nSPS) is 10.5. The SMILES string of the molecule is O=C(Cc1cccs1)Nc1nc(CC(=O)Nc2cc(F)ccc2NC(=O)c2ccccn2)cs1. The third-order valence-electron chi connectivity index (χ3n) is 4.46. The Bertz CT molecular complexity index is 1310. The fourth-order valence-corrected chi connectivity index (χ4v) is 4.38. The number of benzene rings is 1. The van der Waals surface area contributed by atoms with Gasteiger partial charge in [0.25, 0.3) is 5.91 Å². The van der Waals surface area contributed by atoms with Gasteiger partial charge in [0, 0.05) is 16.5 Å². The van der Waals surface area contributed by atoms with Crippen molar-refractivity contribution in [3.05, 3.63) is 87.6 Å². The highest BCUT2D eigenvalue weighted by molar-refractivity contribution is 7.14. The van der Waals surface area contributed by atoms with Crippen molar-refractivity contribution in [3.8, 4) is 0 Å². The van der Waals surface area contributed by atoms with Gasteiger partial charge in [-0.05, 0) is 41.8 Å². The molecule has 3 heterocycles. The molecular weight excluding hydrogens is 477 g/mol. The molecule has 8 nitrogen and oxygen atoms in total. The van der Waals surface area contributed by atoms with E-state index in [9.17, 15) is 18.8 Å². The Morgan fingerprint density at radius 1 is 0.882 bits per heavy atom. The van der Waals surface area contributed by atoms with Crippen molar-refractivity contribution in [2.45, 2.75) is 12.8 Å². The van der Waals surface area contributed by atoms with E-state index in [0.29, 0.717) is 10.8 Å². The molecule has 1 aromatic carbocycles. The summed E-state index contributed by atoms with van der Waals surface area (Å²) in [6.07, 6.45) is 1.63. The lowest BCUT2D eigenvalue weighted by atomic mass is 10.2. The number of hydrogen-bond acceptors (Lipinski definition) is 7. The van der Waals surface area contributed by atoms with Gasteiger partial charge in [0.05, 0.1) is 29.9 Å². The van der Waals surface area contributed by atoms with Gasteiger partial charge in [0.15, 0.2) is 5.13 Å². The Morgan fingerprint density at radius 3 is 2.50 bits per heavy atom. The summed E-state index contributed by atoms with van der Waals surface area (Å²) in [7, 11) is 0. The van der Waals surface area contributed by atoms with Crippen molar-refractivity contribution in [2.24, 2.45) is 0 Å². The molecule has 4 rings (SSSR count). The number of carbonyl (C=O) groups is 3. The van der Waals surface area contributed by atoms with Crippen molar-refractivity contribution in [1.82, 2.24) is 9.97 Å². The Morgan fingerprint density at radius 2 is 1.74 bits per heavy atom. The summed E-state index contributed by atoms with van der Waals surface area (Å²) in [5, 5.41) is 11.9. The Hall–Kier alpha value is -3.96. The molecule has 0 unspecified atom stereocenters. The number of nitrogens with one attached hydrogen (secondary N) is 3. The number of hydrogen-bond donors (Lipinski definition) is 3. The zero-order chi connectivity index (χ0) is 23.9. The topological polar surface area (TPSA) is 113 Å². The number of thiazole rings is 1. The smallest absolute Gasteiger partial charge is 0.274 e. The molecule has 0 atom stereocenters. The van der Waals surface area contributed by atoms with Gasteiger partial charge in [-0.25, -0.2) is 9.37 Å². The number of halogens is 1. The van der Waals surface area contributed by atoms with Gasteiger partial charge >= 0.3 is 0 Å². The molecule has 0 aliphatic carbocycles. The third kappa shape index (κ3) is 6.30. The zero-order valence-electron chi connectivity index (χ0n) is 17.6. The number of thiophene rings is 1. The molecule has 34 heavy (non-hydrogen) atoms. The second-order valence-electron chi connectivity index (χ2n) is 7.03. The Balaban J connectivity index is 1.37. The minimum absolute atomic E-state index is 0.0958. The van der Waals surface area contributed by atoms with E-state index in [1.165, 1.54) is 47.1 Å². The van der Waals surface area contributed by atoms with E-state index in [4.69, 9.17) is 0 Å². The number of amides is 3. The summed E-state index contributed by atoms with van der Waals surface area (Å²) in [5.74, 6) is -1.72. The van der Waals surface area contributed by atoms with Crippen LogP contribution in [0, 0.1) is 5.82 Å². The largest absolute Gasteiger partial charge is 0.324 e. The summed E-state index contributed by atoms with van der Waals surface area (Å²) in [5.41, 5.74) is 0.962. The van der Waals surface area contributed by atoms with Crippen LogP contribution >= 0.6 is 22.7 Å². The number of aromatic nitrogens is 2. The Kier molecular flexibility index (Phi) is 7.35. The first-order valence-corrected chi connectivity index (χ1v) is 11.8. The molecule has 0 aliphatic heterocycles. The summed E-state index contributed by atoms with van der Waals surface area (Å²) in [6.45, 7) is 0. The molecule has 11 heteroatoms. The molecule has 0 saturated carbocycles. The van der Waals surface area contributed by atoms with E-state index < -0.39 is 17.6 Å². The number of anilines is 3. The fourth-order valence-electron chi connectivity index (χ4n) is 2.95. The molecular formula is C23H18FN5O3S2. The maximum absolute atomic E-state index is 13.8. The van der Waals surface area contributed by atoms with Crippen molar-refractivity contribution < 1.29 is 18.8 Å². The minimum Gasteiger partial charge on any atom is -0.324 e. The number of rotatable bonds is 8. The third-order valence-corrected chi connectivity index (χ3v) is 6.14. The Labute approximate surface area is 201 Å². The maximum Gasteiger partial charge on any atom is 0.274 e. The van der Waals surface area contributed by atoms with Crippen LogP contribution in [0.15, 0.2) is 65.5 Å². The second-order valence-corrected chi connectivity index (χ2v) is 8.92. The zero-order valence-corrected chi connectivity index (χ0v) is 19.2. The maximum atomic E-state index is 13.8. The van der Waals surface area contributed by atoms with Gasteiger partial charge in [-0.2, -0.15) is 0 Å². The molecule has 0 radical (unpaired) electrons. The molecule has 0 bridgehead atoms. The van der Waals surface area contributed by atoms with Gasteiger partial charge in [0.2, 0.25) is 11.8 Å². The fraction of sp³-hybridized carbons (Fsp3) is 0.0870. The van der Waals surface area contributed by atoms with Crippen LogP contribution in [0.2, 0.25) is 0 Å². The lowest BCUT2D eigenvalue weighted by molar-refractivity contribution is -0.116. The lowest BCUT2D eigenvalue weighted by Crippen LogP contribution is -2.19. The van der Waals surface area contributed by atoms with Gasteiger partial charge < -0.3 is 16.0 Å². The quantitative estimate of drug-likeness (QED) is 0.336. The van der Waals surface area contributed by atoms with Crippen molar-refractivity contribution in [2.75, 3.05) is 16.0 Å². The average Bonchev–Trinajstić information content (AvgIpc) is 3.48. The molecule has 3 amide bonds. The van der Waals surface area contributed by atoms with Crippen LogP contribution in [-0.2, 0) is 22.4 Å². The first kappa shape index (κ1) is 23.2. The van der Waals surface area contributed by atoms with Crippen LogP contribution in [0.25, 0.3) is 0 Å². The second kappa shape index (κ2) is 10.8. The summed E-state index contributed by atoms with van der Waals surface area (Å²) >= 11 is 2.70. The molecule has 0 fully saturated rings. The summed E-state index contributed by atoms with van der Waals surface area (Å²) < 4.78 is 13.8. The van der Waals surface area contributed by atoms with Crippen LogP contribution in [0.1, 0.15) is 21.1 Å². The predicted octanol–water partition coefficient (Wildman–Crippen LogP) is 4.35. The van der Waals surface area contributed by atoms with Crippen LogP contribution in [0.3, 0.4) is 0 Å². The molecule has 0 aliphatic rings. The van der Waals surface area contributed by atoms with Crippen molar-refractivity contribution in [1.29, 1.82) is 0 Å². The highest BCUT2D eigenvalue weighted by Crippen LogP contribution is 2.24. The number of nitrogens with zero attached hydrogens (tertiary/aromatic N) is 2. The lowest BCUT2D eigenvalue weighted by Gasteiger charge is -2.12. The van der Waals surface area contributed by atoms with E-state index in [0.717, 1.165) is 10.9 Å². The molecule has 3 aromatic heterocycles. The van der Waals surface area contributed by atoms with Gasteiger partial charge in [-0.3, -0.25) is 19.4 Å².